The van der Waals surface area contributed by atoms with Crippen molar-refractivity contribution in [2.24, 2.45) is 10.2 Å². The second-order valence-corrected chi connectivity index (χ2v) is 8.20. The molecule has 0 radical (unpaired) electrons. The number of rotatable bonds is 5. The molecule has 27 heavy (non-hydrogen) atoms. The quantitative estimate of drug-likeness (QED) is 0.562. The number of likely N-dealkylation sites (tertiary alicyclic amines) is 1. The van der Waals surface area contributed by atoms with Crippen LogP contribution in [0.15, 0.2) is 28.4 Å². The minimum absolute atomic E-state index is 0.121. The van der Waals surface area contributed by atoms with Crippen LogP contribution in [0.3, 0.4) is 0 Å². The van der Waals surface area contributed by atoms with Crippen LogP contribution in [-0.2, 0) is 6.54 Å². The van der Waals surface area contributed by atoms with Crippen molar-refractivity contribution in [3.05, 3.63) is 18.2 Å². The van der Waals surface area contributed by atoms with Gasteiger partial charge in [-0.1, -0.05) is 18.2 Å². The lowest BCUT2D eigenvalue weighted by atomic mass is 10.0. The number of thiocarbonyl (C=S) groups is 1. The molecule has 1 aliphatic heterocycles. The minimum Gasteiger partial charge on any atom is -0.497 e. The second kappa shape index (κ2) is 9.03. The Bertz CT molecular complexity index is 850. The maximum atomic E-state index is 10.9. The highest BCUT2D eigenvalue weighted by Gasteiger charge is 2.21. The van der Waals surface area contributed by atoms with E-state index in [-0.39, 0.29) is 5.88 Å². The lowest BCUT2D eigenvalue weighted by Crippen LogP contribution is -2.39. The highest BCUT2D eigenvalue weighted by Crippen LogP contribution is 2.40. The molecule has 3 rings (SSSR count). The molecule has 0 saturated carbocycles. The Kier molecular flexibility index (Phi) is 6.73. The molecule has 2 heterocycles. The summed E-state index contributed by atoms with van der Waals surface area (Å²) >= 11 is 6.46. The van der Waals surface area contributed by atoms with Crippen molar-refractivity contribution in [3.8, 4) is 11.6 Å². The zero-order chi connectivity index (χ0) is 19.4. The average Bonchev–Trinajstić information content (AvgIpc) is 2.95. The van der Waals surface area contributed by atoms with E-state index < -0.39 is 0 Å². The van der Waals surface area contributed by atoms with Gasteiger partial charge in [0.1, 0.15) is 5.75 Å². The van der Waals surface area contributed by atoms with Crippen molar-refractivity contribution in [1.29, 1.82) is 0 Å². The number of azo groups is 1. The first kappa shape index (κ1) is 20.1. The molecule has 0 bridgehead atoms. The summed E-state index contributed by atoms with van der Waals surface area (Å²) in [4.78, 5) is 2.49. The third-order valence-electron chi connectivity index (χ3n) is 5.17. The van der Waals surface area contributed by atoms with Crippen LogP contribution in [-0.4, -0.2) is 51.4 Å². The predicted octanol–water partition coefficient (Wildman–Crippen LogP) is 4.96. The molecule has 1 atom stereocenters. The summed E-state index contributed by atoms with van der Waals surface area (Å²) in [6, 6.07) is 6.32. The highest BCUT2D eigenvalue weighted by atomic mass is 32.2. The summed E-state index contributed by atoms with van der Waals surface area (Å²) in [5.41, 5.74) is 1.36. The van der Waals surface area contributed by atoms with E-state index in [4.69, 9.17) is 17.0 Å². The third kappa shape index (κ3) is 4.44. The van der Waals surface area contributed by atoms with Crippen molar-refractivity contribution >= 4 is 44.9 Å². The second-order valence-electron chi connectivity index (χ2n) is 6.76. The number of methoxy groups -OCH3 is 1. The zero-order valence-corrected chi connectivity index (χ0v) is 17.6. The van der Waals surface area contributed by atoms with E-state index in [2.05, 4.69) is 22.1 Å². The van der Waals surface area contributed by atoms with Crippen LogP contribution < -0.4 is 4.74 Å². The van der Waals surface area contributed by atoms with Crippen molar-refractivity contribution in [2.45, 2.75) is 38.8 Å². The van der Waals surface area contributed by atoms with Gasteiger partial charge in [-0.2, -0.15) is 0 Å². The fraction of sp³-hybridized carbons (Fsp3) is 0.526. The average molecular weight is 407 g/mol. The molecule has 8 heteroatoms. The van der Waals surface area contributed by atoms with Crippen molar-refractivity contribution in [1.82, 2.24) is 9.47 Å². The Labute approximate surface area is 169 Å². The van der Waals surface area contributed by atoms with E-state index in [1.807, 2.05) is 29.0 Å². The largest absolute Gasteiger partial charge is 0.497 e. The topological polar surface area (TPSA) is 62.4 Å². The van der Waals surface area contributed by atoms with Crippen molar-refractivity contribution in [3.63, 3.8) is 0 Å². The number of hydrogen-bond acceptors (Lipinski definition) is 6. The molecular formula is C19H26N4O2S2. The van der Waals surface area contributed by atoms with Gasteiger partial charge in [0.2, 0.25) is 5.88 Å². The van der Waals surface area contributed by atoms with Gasteiger partial charge in [-0.15, -0.1) is 10.2 Å². The van der Waals surface area contributed by atoms with Gasteiger partial charge in [0, 0.05) is 24.5 Å². The van der Waals surface area contributed by atoms with Crippen molar-refractivity contribution < 1.29 is 9.84 Å². The molecular weight excluding hydrogens is 380 g/mol. The predicted molar refractivity (Wildman–Crippen MR) is 116 cm³/mol. The summed E-state index contributed by atoms with van der Waals surface area (Å²) in [5, 5.41) is 20.0. The molecule has 1 aromatic carbocycles. The molecule has 1 fully saturated rings. The van der Waals surface area contributed by atoms with E-state index in [0.717, 1.165) is 24.0 Å². The number of aromatic nitrogens is 1. The molecule has 1 unspecified atom stereocenters. The van der Waals surface area contributed by atoms with Gasteiger partial charge in [0.15, 0.2) is 10.0 Å². The molecule has 0 amide bonds. The maximum Gasteiger partial charge on any atom is 0.220 e. The summed E-state index contributed by atoms with van der Waals surface area (Å²) in [5.74, 6) is 0.837. The van der Waals surface area contributed by atoms with Crippen LogP contribution in [0.4, 0.5) is 5.69 Å². The Hall–Kier alpha value is -1.64. The van der Waals surface area contributed by atoms with Crippen LogP contribution in [0.5, 0.6) is 11.6 Å². The number of fused-ring (bicyclic) bond motifs is 1. The van der Waals surface area contributed by atoms with E-state index in [1.165, 1.54) is 31.0 Å². The normalized spacial score (nSPS) is 18.4. The first-order chi connectivity index (χ1) is 13.0. The molecule has 1 saturated heterocycles. The van der Waals surface area contributed by atoms with E-state index >= 15 is 0 Å². The molecule has 1 aliphatic rings. The van der Waals surface area contributed by atoms with E-state index in [0.29, 0.717) is 28.3 Å². The van der Waals surface area contributed by atoms with Gasteiger partial charge in [-0.05, 0) is 63.0 Å². The van der Waals surface area contributed by atoms with Gasteiger partial charge in [0.05, 0.1) is 12.6 Å². The van der Waals surface area contributed by atoms with Crippen LogP contribution in [0.1, 0.15) is 26.2 Å². The summed E-state index contributed by atoms with van der Waals surface area (Å²) < 4.78 is 7.68. The Balaban J connectivity index is 1.95. The highest BCUT2D eigenvalue weighted by molar-refractivity contribution is 8.22. The standard InChI is InChI=1S/C19H26N4O2S2/c1-13-6-4-5-9-22(13)10-11-23-16-8-7-14(25-2)12-15(16)17(18(23)24)20-21-19(26)27-3/h7-8,12-13,24H,4-6,9-11H2,1-3H3. The molecule has 2 aromatic rings. The molecule has 0 aliphatic carbocycles. The first-order valence-corrected chi connectivity index (χ1v) is 10.8. The van der Waals surface area contributed by atoms with E-state index in [9.17, 15) is 5.11 Å². The zero-order valence-electron chi connectivity index (χ0n) is 16.0. The van der Waals surface area contributed by atoms with Gasteiger partial charge >= 0.3 is 0 Å². The van der Waals surface area contributed by atoms with E-state index in [1.54, 1.807) is 7.11 Å². The number of hydrogen-bond donors (Lipinski definition) is 1. The molecule has 146 valence electrons. The van der Waals surface area contributed by atoms with Gasteiger partial charge in [-0.25, -0.2) is 0 Å². The molecule has 6 nitrogen and oxygen atoms in total. The summed E-state index contributed by atoms with van der Waals surface area (Å²) in [6.07, 6.45) is 5.63. The Morgan fingerprint density at radius 1 is 1.37 bits per heavy atom. The van der Waals surface area contributed by atoms with Crippen molar-refractivity contribution in [2.75, 3.05) is 26.5 Å². The fourth-order valence-electron chi connectivity index (χ4n) is 3.60. The third-order valence-corrected chi connectivity index (χ3v) is 6.19. The number of piperidine rings is 1. The number of ether oxygens (including phenoxy) is 1. The van der Waals surface area contributed by atoms with Crippen LogP contribution in [0.25, 0.3) is 10.9 Å². The van der Waals surface area contributed by atoms with Crippen LogP contribution in [0.2, 0.25) is 0 Å². The molecule has 1 N–H and O–H groups in total. The smallest absolute Gasteiger partial charge is 0.220 e. The number of thioether (sulfide) groups is 1. The lowest BCUT2D eigenvalue weighted by Gasteiger charge is -2.33. The van der Waals surface area contributed by atoms with Gasteiger partial charge in [0.25, 0.3) is 0 Å². The molecule has 0 spiro atoms. The Morgan fingerprint density at radius 2 is 2.19 bits per heavy atom. The lowest BCUT2D eigenvalue weighted by molar-refractivity contribution is 0.154. The number of nitrogens with zero attached hydrogens (tertiary/aromatic N) is 4. The number of aromatic hydroxyl groups is 1. The monoisotopic (exact) mass is 406 g/mol. The number of benzene rings is 1. The maximum absolute atomic E-state index is 10.9. The van der Waals surface area contributed by atoms with Gasteiger partial charge in [-0.3, -0.25) is 4.90 Å². The minimum atomic E-state index is 0.121. The summed E-state index contributed by atoms with van der Waals surface area (Å²) in [6.45, 7) is 4.98. The van der Waals surface area contributed by atoms with Gasteiger partial charge < -0.3 is 14.4 Å². The first-order valence-electron chi connectivity index (χ1n) is 9.18. The summed E-state index contributed by atoms with van der Waals surface area (Å²) in [7, 11) is 1.62. The fourth-order valence-corrected chi connectivity index (χ4v) is 3.77. The van der Waals surface area contributed by atoms with Crippen LogP contribution >= 0.6 is 24.0 Å². The molecule has 1 aromatic heterocycles. The van der Waals surface area contributed by atoms with Crippen LogP contribution in [0, 0.1) is 0 Å². The SMILES string of the molecule is COc1ccc2c(c1)c(N=NC(=S)SC)c(O)n2CCN1CCCCC1C. The Morgan fingerprint density at radius 3 is 2.89 bits per heavy atom.